The van der Waals surface area contributed by atoms with Crippen molar-refractivity contribution in [1.82, 2.24) is 10.2 Å². The van der Waals surface area contributed by atoms with Crippen LogP contribution in [0.5, 0.6) is 0 Å². The number of hydrogen-bond acceptors (Lipinski definition) is 7. The van der Waals surface area contributed by atoms with Crippen LogP contribution in [0.2, 0.25) is 0 Å². The van der Waals surface area contributed by atoms with E-state index in [1.165, 1.54) is 6.08 Å². The van der Waals surface area contributed by atoms with Gasteiger partial charge < -0.3 is 29.4 Å². The molecule has 2 aliphatic heterocycles. The number of carbonyl (C=O) groups excluding carboxylic acids is 1. The zero-order valence-corrected chi connectivity index (χ0v) is 25.7. The predicted octanol–water partition coefficient (Wildman–Crippen LogP) is 6.16. The number of methoxy groups -OCH3 is 1. The lowest BCUT2D eigenvalue weighted by Crippen LogP contribution is -2.46. The summed E-state index contributed by atoms with van der Waals surface area (Å²) in [7, 11) is 1.77. The molecule has 0 saturated carbocycles. The summed E-state index contributed by atoms with van der Waals surface area (Å²) in [6, 6.07) is 24.8. The first-order valence-corrected chi connectivity index (χ1v) is 15.4. The monoisotopic (exact) mass is 600 g/mol. The summed E-state index contributed by atoms with van der Waals surface area (Å²) in [5.74, 6) is 0.112. The van der Waals surface area contributed by atoms with Crippen molar-refractivity contribution in [3.8, 4) is 11.1 Å². The van der Waals surface area contributed by atoms with Gasteiger partial charge in [-0.25, -0.2) is 4.79 Å². The highest BCUT2D eigenvalue weighted by Crippen LogP contribution is 2.43. The van der Waals surface area contributed by atoms with Gasteiger partial charge in [0, 0.05) is 37.7 Å². The first-order valence-electron chi connectivity index (χ1n) is 15.4. The molecule has 5 rings (SSSR count). The molecular weight excluding hydrogens is 556 g/mol. The van der Waals surface area contributed by atoms with E-state index in [4.69, 9.17) is 18.9 Å². The molecule has 3 aromatic rings. The summed E-state index contributed by atoms with van der Waals surface area (Å²) >= 11 is 0. The normalized spacial score (nSPS) is 23.8. The Morgan fingerprint density at radius 2 is 1.82 bits per heavy atom. The molecule has 0 spiro atoms. The quantitative estimate of drug-likeness (QED) is 0.241. The van der Waals surface area contributed by atoms with Gasteiger partial charge >= 0.3 is 6.09 Å². The number of aliphatic hydroxyl groups is 1. The van der Waals surface area contributed by atoms with Crippen LogP contribution in [0.25, 0.3) is 11.1 Å². The highest BCUT2D eigenvalue weighted by molar-refractivity contribution is 5.68. The Labute approximate surface area is 260 Å². The zero-order valence-electron chi connectivity index (χ0n) is 25.7. The molecule has 44 heavy (non-hydrogen) atoms. The van der Waals surface area contributed by atoms with Crippen LogP contribution in [0.1, 0.15) is 54.4 Å². The summed E-state index contributed by atoms with van der Waals surface area (Å²) in [6.07, 6.45) is 2.58. The van der Waals surface area contributed by atoms with Gasteiger partial charge in [-0.3, -0.25) is 4.90 Å². The Morgan fingerprint density at radius 1 is 1.05 bits per heavy atom. The van der Waals surface area contributed by atoms with Crippen molar-refractivity contribution in [2.45, 2.75) is 57.5 Å². The number of ether oxygens (including phenoxy) is 4. The SMILES string of the molecule is C=CCOC(=O)NCc1cccc(-c2cccc([C@@H]3O[C@H](CN4CCC[C@H]4COC)[C@H](C)[C@H](c4ccc(CO)cc4)O3)c2)c1. The minimum absolute atomic E-state index is 0.00895. The average molecular weight is 601 g/mol. The highest BCUT2D eigenvalue weighted by atomic mass is 16.7. The molecule has 2 N–H and O–H groups in total. The minimum atomic E-state index is -0.549. The molecular formula is C36H44N2O6. The topological polar surface area (TPSA) is 89.5 Å². The van der Waals surface area contributed by atoms with Gasteiger partial charge in [0.1, 0.15) is 6.61 Å². The molecule has 2 aliphatic rings. The number of benzene rings is 3. The van der Waals surface area contributed by atoms with Gasteiger partial charge in [-0.15, -0.1) is 0 Å². The molecule has 3 aromatic carbocycles. The van der Waals surface area contributed by atoms with Gasteiger partial charge in [-0.1, -0.05) is 80.2 Å². The molecule has 0 aromatic heterocycles. The van der Waals surface area contributed by atoms with Crippen molar-refractivity contribution in [3.63, 3.8) is 0 Å². The zero-order chi connectivity index (χ0) is 30.9. The third kappa shape index (κ3) is 7.94. The third-order valence-corrected chi connectivity index (χ3v) is 8.58. The maximum atomic E-state index is 11.9. The number of aliphatic hydroxyl groups excluding tert-OH is 1. The second-order valence-electron chi connectivity index (χ2n) is 11.6. The minimum Gasteiger partial charge on any atom is -0.445 e. The first-order chi connectivity index (χ1) is 21.5. The highest BCUT2D eigenvalue weighted by Gasteiger charge is 2.40. The fraction of sp³-hybridized carbons (Fsp3) is 0.417. The number of carbonyl (C=O) groups is 1. The smallest absolute Gasteiger partial charge is 0.407 e. The standard InChI is InChI=1S/C36H44N2O6/c1-4-18-42-36(40)37-21-27-8-5-9-29(19-27)30-10-6-11-31(20-30)35-43-33(22-38-17-7-12-32(38)24-41-3)25(2)34(44-35)28-15-13-26(23-39)14-16-28/h4-6,8-11,13-16,19-20,25,32-35,39H,1,7,12,17-18,21-24H2,2-3H3,(H,37,40)/t25-,32-,33+,34+,35+/m0/s1. The Bertz CT molecular complexity index is 1380. The van der Waals surface area contributed by atoms with Crippen LogP contribution in [0.15, 0.2) is 85.5 Å². The Hall–Kier alpha value is -3.53. The van der Waals surface area contributed by atoms with Gasteiger partial charge in [-0.2, -0.15) is 0 Å². The molecule has 1 amide bonds. The van der Waals surface area contributed by atoms with Crippen molar-refractivity contribution >= 4 is 6.09 Å². The lowest BCUT2D eigenvalue weighted by molar-refractivity contribution is -0.276. The van der Waals surface area contributed by atoms with E-state index in [0.29, 0.717) is 12.6 Å². The van der Waals surface area contributed by atoms with Crippen molar-refractivity contribution in [3.05, 3.63) is 108 Å². The van der Waals surface area contributed by atoms with Crippen LogP contribution in [0.3, 0.4) is 0 Å². The van der Waals surface area contributed by atoms with Crippen molar-refractivity contribution in [2.24, 2.45) is 5.92 Å². The third-order valence-electron chi connectivity index (χ3n) is 8.58. The van der Waals surface area contributed by atoms with Crippen LogP contribution >= 0.6 is 0 Å². The summed E-state index contributed by atoms with van der Waals surface area (Å²) in [5.41, 5.74) is 5.92. The molecule has 2 fully saturated rings. The number of nitrogens with zero attached hydrogens (tertiary/aromatic N) is 1. The fourth-order valence-electron chi connectivity index (χ4n) is 6.16. The van der Waals surface area contributed by atoms with E-state index in [2.05, 4.69) is 66.2 Å². The number of rotatable bonds is 12. The lowest BCUT2D eigenvalue weighted by Gasteiger charge is -2.43. The number of likely N-dealkylation sites (tertiary alicyclic amines) is 1. The lowest BCUT2D eigenvalue weighted by atomic mass is 9.89. The number of nitrogens with one attached hydrogen (secondary N) is 1. The number of hydrogen-bond donors (Lipinski definition) is 2. The second-order valence-corrected chi connectivity index (χ2v) is 11.6. The maximum absolute atomic E-state index is 11.9. The molecule has 0 bridgehead atoms. The van der Waals surface area contributed by atoms with Crippen LogP contribution < -0.4 is 5.32 Å². The summed E-state index contributed by atoms with van der Waals surface area (Å²) in [5, 5.41) is 12.4. The van der Waals surface area contributed by atoms with Gasteiger partial charge in [0.15, 0.2) is 6.29 Å². The number of alkyl carbamates (subject to hydrolysis) is 1. The van der Waals surface area contributed by atoms with E-state index in [-0.39, 0.29) is 31.3 Å². The van der Waals surface area contributed by atoms with Crippen LogP contribution in [0.4, 0.5) is 4.79 Å². The maximum Gasteiger partial charge on any atom is 0.407 e. The largest absolute Gasteiger partial charge is 0.445 e. The molecule has 2 saturated heterocycles. The van der Waals surface area contributed by atoms with E-state index in [0.717, 1.165) is 65.9 Å². The summed E-state index contributed by atoms with van der Waals surface area (Å²) in [4.78, 5) is 14.4. The molecule has 8 nitrogen and oxygen atoms in total. The van der Waals surface area contributed by atoms with Crippen LogP contribution in [-0.2, 0) is 32.1 Å². The molecule has 0 aliphatic carbocycles. The van der Waals surface area contributed by atoms with E-state index in [1.54, 1.807) is 7.11 Å². The predicted molar refractivity (Wildman–Crippen MR) is 170 cm³/mol. The fourth-order valence-corrected chi connectivity index (χ4v) is 6.16. The Balaban J connectivity index is 1.38. The Morgan fingerprint density at radius 3 is 2.57 bits per heavy atom. The molecule has 5 atom stereocenters. The molecule has 0 radical (unpaired) electrons. The Kier molecular flexibility index (Phi) is 11.2. The number of amides is 1. The van der Waals surface area contributed by atoms with Gasteiger partial charge in [0.05, 0.1) is 25.4 Å². The van der Waals surface area contributed by atoms with Gasteiger partial charge in [-0.05, 0) is 59.3 Å². The average Bonchev–Trinajstić information content (AvgIpc) is 3.50. The molecule has 0 unspecified atom stereocenters. The first kappa shape index (κ1) is 31.9. The van der Waals surface area contributed by atoms with Crippen molar-refractivity contribution in [1.29, 1.82) is 0 Å². The van der Waals surface area contributed by atoms with E-state index in [9.17, 15) is 9.90 Å². The van der Waals surface area contributed by atoms with Crippen LogP contribution in [-0.4, -0.2) is 61.7 Å². The van der Waals surface area contributed by atoms with E-state index < -0.39 is 12.4 Å². The molecule has 8 heteroatoms. The van der Waals surface area contributed by atoms with Crippen molar-refractivity contribution in [2.75, 3.05) is 33.4 Å². The van der Waals surface area contributed by atoms with Gasteiger partial charge in [0.25, 0.3) is 0 Å². The van der Waals surface area contributed by atoms with Crippen molar-refractivity contribution < 1.29 is 28.8 Å². The summed E-state index contributed by atoms with van der Waals surface area (Å²) in [6.45, 7) is 8.87. The van der Waals surface area contributed by atoms with E-state index >= 15 is 0 Å². The van der Waals surface area contributed by atoms with E-state index in [1.807, 2.05) is 30.3 Å². The van der Waals surface area contributed by atoms with Crippen LogP contribution in [0, 0.1) is 5.92 Å². The molecule has 234 valence electrons. The van der Waals surface area contributed by atoms with Gasteiger partial charge in [0.2, 0.25) is 0 Å². The summed E-state index contributed by atoms with van der Waals surface area (Å²) < 4.78 is 24.0. The second kappa shape index (κ2) is 15.5. The molecule has 2 heterocycles.